The average molecular weight is 474 g/mol. The lowest BCUT2D eigenvalue weighted by Gasteiger charge is -2.47. The average Bonchev–Trinajstić information content (AvgIpc) is 2.64. The Bertz CT molecular complexity index is 1100. The number of ether oxygens (including phenoxy) is 2. The maximum Gasteiger partial charge on any atom is 0.355 e. The van der Waals surface area contributed by atoms with Crippen LogP contribution in [0.25, 0.3) is 0 Å². The van der Waals surface area contributed by atoms with E-state index in [1.807, 2.05) is 0 Å². The van der Waals surface area contributed by atoms with Crippen LogP contribution in [-0.2, 0) is 28.9 Å². The van der Waals surface area contributed by atoms with Crippen molar-refractivity contribution in [3.63, 3.8) is 0 Å². The summed E-state index contributed by atoms with van der Waals surface area (Å²) in [6.07, 6.45) is 0. The minimum atomic E-state index is -3.97. The highest BCUT2D eigenvalue weighted by molar-refractivity contribution is 7.92. The first-order chi connectivity index (χ1) is 14.2. The van der Waals surface area contributed by atoms with Crippen LogP contribution in [0.2, 0.25) is 0 Å². The van der Waals surface area contributed by atoms with Gasteiger partial charge in [0, 0.05) is 5.57 Å². The van der Waals surface area contributed by atoms with Crippen LogP contribution < -0.4 is 0 Å². The van der Waals surface area contributed by atoms with E-state index in [9.17, 15) is 33.0 Å². The number of benzene rings is 1. The van der Waals surface area contributed by atoms with Crippen molar-refractivity contribution >= 4 is 39.3 Å². The molecule has 31 heavy (non-hydrogen) atoms. The van der Waals surface area contributed by atoms with Gasteiger partial charge in [0.1, 0.15) is 28.8 Å². The molecule has 1 aromatic rings. The van der Waals surface area contributed by atoms with E-state index in [2.05, 4.69) is 0 Å². The molecule has 1 fully saturated rings. The minimum absolute atomic E-state index is 0.171. The third-order valence-corrected chi connectivity index (χ3v) is 7.05. The van der Waals surface area contributed by atoms with E-state index in [0.717, 1.165) is 11.0 Å². The van der Waals surface area contributed by atoms with Gasteiger partial charge in [0.2, 0.25) is 5.91 Å². The van der Waals surface area contributed by atoms with Crippen molar-refractivity contribution in [3.8, 4) is 11.5 Å². The number of hydrogen-bond donors (Lipinski definition) is 2. The number of carbonyl (C=O) groups excluding carboxylic acids is 3. The lowest BCUT2D eigenvalue weighted by Crippen LogP contribution is -2.68. The van der Waals surface area contributed by atoms with Gasteiger partial charge >= 0.3 is 11.9 Å². The van der Waals surface area contributed by atoms with Crippen LogP contribution >= 0.6 is 11.6 Å². The van der Waals surface area contributed by atoms with E-state index in [-0.39, 0.29) is 16.8 Å². The van der Waals surface area contributed by atoms with Gasteiger partial charge in [-0.3, -0.25) is 9.69 Å². The molecule has 10 nitrogen and oxygen atoms in total. The van der Waals surface area contributed by atoms with Gasteiger partial charge < -0.3 is 19.7 Å². The summed E-state index contributed by atoms with van der Waals surface area (Å²) in [4.78, 5) is 38.1. The Morgan fingerprint density at radius 1 is 1.23 bits per heavy atom. The SMILES string of the molecule is CC(C)(C)OC(=O)C1=C(COC(=O)c2cccc(O)c2O)CS(=O)(=O)C2[C@@H](Cl)C(=O)N12. The number of para-hydroxylation sites is 1. The molecule has 168 valence electrons. The lowest BCUT2D eigenvalue weighted by atomic mass is 10.1. The Morgan fingerprint density at radius 3 is 2.48 bits per heavy atom. The molecular weight excluding hydrogens is 454 g/mol. The maximum absolute atomic E-state index is 12.8. The van der Waals surface area contributed by atoms with Crippen molar-refractivity contribution in [1.82, 2.24) is 4.90 Å². The minimum Gasteiger partial charge on any atom is -0.504 e. The largest absolute Gasteiger partial charge is 0.504 e. The molecular formula is C19H20ClNO9S. The van der Waals surface area contributed by atoms with Gasteiger partial charge in [-0.05, 0) is 32.9 Å². The van der Waals surface area contributed by atoms with Gasteiger partial charge in [-0.15, -0.1) is 11.6 Å². The van der Waals surface area contributed by atoms with Crippen molar-refractivity contribution in [3.05, 3.63) is 35.0 Å². The second-order valence-electron chi connectivity index (χ2n) is 8.01. The number of esters is 2. The number of phenols is 2. The van der Waals surface area contributed by atoms with Gasteiger partial charge in [0.05, 0.1) is 5.75 Å². The van der Waals surface area contributed by atoms with E-state index in [1.54, 1.807) is 20.8 Å². The van der Waals surface area contributed by atoms with Crippen molar-refractivity contribution in [1.29, 1.82) is 0 Å². The fraction of sp³-hybridized carbons (Fsp3) is 0.421. The topological polar surface area (TPSA) is 148 Å². The number of hydrogen-bond acceptors (Lipinski definition) is 9. The van der Waals surface area contributed by atoms with E-state index >= 15 is 0 Å². The summed E-state index contributed by atoms with van der Waals surface area (Å²) < 4.78 is 35.6. The summed E-state index contributed by atoms with van der Waals surface area (Å²) in [5, 5.41) is 16.6. The fourth-order valence-corrected chi connectivity index (χ4v) is 5.76. The smallest absolute Gasteiger partial charge is 0.355 e. The molecule has 0 saturated carbocycles. The molecule has 2 N–H and O–H groups in total. The number of fused-ring (bicyclic) bond motifs is 1. The Morgan fingerprint density at radius 2 is 1.87 bits per heavy atom. The lowest BCUT2D eigenvalue weighted by molar-refractivity contribution is -0.157. The maximum atomic E-state index is 12.8. The number of halogens is 1. The standard InChI is InChI=1S/C19H20ClNO9S/c1-19(2,3)30-18(26)13-9(8-31(27,28)16-12(20)15(24)21(13)16)7-29-17(25)10-5-4-6-11(22)14(10)23/h4-6,12,16,22-23H,7-8H2,1-3H3/t12-,16?/m0/s1. The van der Waals surface area contributed by atoms with Crippen LogP contribution in [0.5, 0.6) is 11.5 Å². The highest BCUT2D eigenvalue weighted by Crippen LogP contribution is 2.40. The Hall–Kier alpha value is -2.79. The Balaban J connectivity index is 1.96. The number of rotatable bonds is 4. The zero-order valence-electron chi connectivity index (χ0n) is 16.8. The monoisotopic (exact) mass is 473 g/mol. The molecule has 0 aromatic heterocycles. The van der Waals surface area contributed by atoms with E-state index < -0.39 is 67.9 Å². The third kappa shape index (κ3) is 4.19. The molecule has 3 rings (SSSR count). The summed E-state index contributed by atoms with van der Waals surface area (Å²) in [7, 11) is -3.97. The molecule has 2 aliphatic rings. The number of alkyl halides is 1. The quantitative estimate of drug-likeness (QED) is 0.283. The van der Waals surface area contributed by atoms with Gasteiger partial charge in [-0.25, -0.2) is 18.0 Å². The molecule has 1 unspecified atom stereocenters. The zero-order valence-corrected chi connectivity index (χ0v) is 18.4. The first-order valence-corrected chi connectivity index (χ1v) is 11.2. The predicted molar refractivity (Wildman–Crippen MR) is 107 cm³/mol. The number of sulfone groups is 1. The van der Waals surface area contributed by atoms with E-state index in [0.29, 0.717) is 0 Å². The van der Waals surface area contributed by atoms with Crippen LogP contribution in [0.3, 0.4) is 0 Å². The highest BCUT2D eigenvalue weighted by atomic mass is 35.5. The molecule has 1 amide bonds. The number of β-lactam (4-membered cyclic amide) rings is 1. The zero-order chi connectivity index (χ0) is 23.3. The normalized spacial score (nSPS) is 22.5. The van der Waals surface area contributed by atoms with Gasteiger partial charge in [0.15, 0.2) is 26.7 Å². The number of nitrogens with zero attached hydrogens (tertiary/aromatic N) is 1. The van der Waals surface area contributed by atoms with E-state index in [1.165, 1.54) is 12.1 Å². The van der Waals surface area contributed by atoms with Gasteiger partial charge in [-0.2, -0.15) is 0 Å². The summed E-state index contributed by atoms with van der Waals surface area (Å²) in [6.45, 7) is 4.10. The Labute approximate surface area is 182 Å². The second kappa shape index (κ2) is 7.72. The second-order valence-corrected chi connectivity index (χ2v) is 10.6. The van der Waals surface area contributed by atoms with Crippen LogP contribution in [0.4, 0.5) is 0 Å². The highest BCUT2D eigenvalue weighted by Gasteiger charge is 2.59. The molecule has 0 radical (unpaired) electrons. The van der Waals surface area contributed by atoms with Gasteiger partial charge in [0.25, 0.3) is 0 Å². The van der Waals surface area contributed by atoms with E-state index in [4.69, 9.17) is 21.1 Å². The van der Waals surface area contributed by atoms with Crippen LogP contribution in [0.15, 0.2) is 29.5 Å². The number of carbonyl (C=O) groups is 3. The molecule has 12 heteroatoms. The fourth-order valence-electron chi connectivity index (χ4n) is 3.18. The summed E-state index contributed by atoms with van der Waals surface area (Å²) >= 11 is 5.87. The Kier molecular flexibility index (Phi) is 5.70. The van der Waals surface area contributed by atoms with Crippen molar-refractivity contribution in [2.45, 2.75) is 37.1 Å². The first-order valence-electron chi connectivity index (χ1n) is 9.07. The summed E-state index contributed by atoms with van der Waals surface area (Å²) in [6, 6.07) is 3.64. The molecule has 2 heterocycles. The third-order valence-electron chi connectivity index (χ3n) is 4.50. The van der Waals surface area contributed by atoms with Crippen LogP contribution in [-0.4, -0.2) is 70.1 Å². The molecule has 0 bridgehead atoms. The molecule has 1 saturated heterocycles. The number of amides is 1. The van der Waals surface area contributed by atoms with Gasteiger partial charge in [-0.1, -0.05) is 6.07 Å². The molecule has 2 aliphatic heterocycles. The predicted octanol–water partition coefficient (Wildman–Crippen LogP) is 1.05. The first kappa shape index (κ1) is 22.9. The van der Waals surface area contributed by atoms with Crippen LogP contribution in [0.1, 0.15) is 31.1 Å². The number of phenolic OH excluding ortho intramolecular Hbond substituents is 2. The van der Waals surface area contributed by atoms with Crippen molar-refractivity contribution < 1.29 is 42.5 Å². The number of aromatic hydroxyl groups is 2. The summed E-state index contributed by atoms with van der Waals surface area (Å²) in [5.41, 5.74) is -1.82. The van der Waals surface area contributed by atoms with Crippen LogP contribution in [0, 0.1) is 0 Å². The summed E-state index contributed by atoms with van der Waals surface area (Å²) in [5.74, 6) is -4.77. The molecule has 2 atom stereocenters. The molecule has 1 aromatic carbocycles. The molecule has 0 spiro atoms. The molecule has 0 aliphatic carbocycles. The van der Waals surface area contributed by atoms with Crippen molar-refractivity contribution in [2.75, 3.05) is 12.4 Å². The van der Waals surface area contributed by atoms with Crippen molar-refractivity contribution in [2.24, 2.45) is 0 Å².